The molecule has 1 fully saturated rings. The molecular formula is C23H28FN3O2. The molecule has 2 aromatic rings. The lowest BCUT2D eigenvalue weighted by Crippen LogP contribution is -2.33. The number of nitrogens with two attached hydrogens (primary N) is 1. The van der Waals surface area contributed by atoms with E-state index in [-0.39, 0.29) is 11.8 Å². The van der Waals surface area contributed by atoms with E-state index in [1.165, 1.54) is 30.7 Å². The molecule has 4 N–H and O–H groups in total. The summed E-state index contributed by atoms with van der Waals surface area (Å²) in [5.41, 5.74) is 8.05. The van der Waals surface area contributed by atoms with E-state index in [0.717, 1.165) is 24.8 Å². The lowest BCUT2D eigenvalue weighted by Gasteiger charge is -2.28. The van der Waals surface area contributed by atoms with Crippen LogP contribution in [0, 0.1) is 24.6 Å². The molecule has 3 rings (SSSR count). The van der Waals surface area contributed by atoms with Gasteiger partial charge in [0.2, 0.25) is 0 Å². The number of carbonyl (C=O) groups excluding carboxylic acids is 2. The monoisotopic (exact) mass is 397 g/mol. The van der Waals surface area contributed by atoms with Gasteiger partial charge in [0.15, 0.2) is 0 Å². The Balaban J connectivity index is 1.62. The normalized spacial score (nSPS) is 18.9. The van der Waals surface area contributed by atoms with Gasteiger partial charge in [-0.15, -0.1) is 0 Å². The Morgan fingerprint density at radius 3 is 2.45 bits per heavy atom. The van der Waals surface area contributed by atoms with Crippen molar-refractivity contribution in [2.45, 2.75) is 32.6 Å². The molecule has 29 heavy (non-hydrogen) atoms. The first-order chi connectivity index (χ1) is 14.0. The van der Waals surface area contributed by atoms with Crippen molar-refractivity contribution in [3.63, 3.8) is 0 Å². The van der Waals surface area contributed by atoms with Crippen molar-refractivity contribution in [1.82, 2.24) is 5.32 Å². The van der Waals surface area contributed by atoms with Gasteiger partial charge in [-0.25, -0.2) is 4.39 Å². The minimum atomic E-state index is -0.396. The molecule has 0 aromatic heterocycles. The van der Waals surface area contributed by atoms with Crippen molar-refractivity contribution in [1.29, 1.82) is 0 Å². The molecule has 0 aliphatic heterocycles. The second-order valence-corrected chi connectivity index (χ2v) is 7.84. The maximum absolute atomic E-state index is 13.0. The Morgan fingerprint density at radius 2 is 1.72 bits per heavy atom. The van der Waals surface area contributed by atoms with Gasteiger partial charge in [-0.2, -0.15) is 0 Å². The minimum Gasteiger partial charge on any atom is -0.352 e. The van der Waals surface area contributed by atoms with E-state index in [1.807, 2.05) is 6.92 Å². The van der Waals surface area contributed by atoms with Crippen LogP contribution in [0.4, 0.5) is 10.1 Å². The van der Waals surface area contributed by atoms with Gasteiger partial charge < -0.3 is 16.4 Å². The van der Waals surface area contributed by atoms with Crippen LogP contribution in [-0.2, 0) is 0 Å². The van der Waals surface area contributed by atoms with Crippen LogP contribution in [0.15, 0.2) is 42.5 Å². The molecule has 0 saturated heterocycles. The summed E-state index contributed by atoms with van der Waals surface area (Å²) in [5, 5.41) is 5.82. The van der Waals surface area contributed by atoms with Crippen LogP contribution < -0.4 is 16.4 Å². The van der Waals surface area contributed by atoms with Crippen LogP contribution in [0.2, 0.25) is 0 Å². The maximum Gasteiger partial charge on any atom is 0.255 e. The first-order valence-corrected chi connectivity index (χ1v) is 10.1. The van der Waals surface area contributed by atoms with Crippen LogP contribution in [0.25, 0.3) is 0 Å². The Kier molecular flexibility index (Phi) is 6.99. The highest BCUT2D eigenvalue weighted by molar-refractivity contribution is 6.05. The van der Waals surface area contributed by atoms with Gasteiger partial charge in [0.05, 0.1) is 0 Å². The molecule has 0 heterocycles. The van der Waals surface area contributed by atoms with E-state index < -0.39 is 5.82 Å². The summed E-state index contributed by atoms with van der Waals surface area (Å²) in [5.74, 6) is 0.118. The molecule has 154 valence electrons. The van der Waals surface area contributed by atoms with Gasteiger partial charge in [0.1, 0.15) is 5.82 Å². The van der Waals surface area contributed by atoms with Gasteiger partial charge in [0.25, 0.3) is 11.8 Å². The summed E-state index contributed by atoms with van der Waals surface area (Å²) in [7, 11) is 0. The number of nitrogens with one attached hydrogen (secondary N) is 2. The summed E-state index contributed by atoms with van der Waals surface area (Å²) in [4.78, 5) is 25.0. The van der Waals surface area contributed by atoms with Crippen molar-refractivity contribution in [2.75, 3.05) is 18.4 Å². The second kappa shape index (κ2) is 9.65. The molecule has 1 saturated carbocycles. The highest BCUT2D eigenvalue weighted by Gasteiger charge is 2.21. The summed E-state index contributed by atoms with van der Waals surface area (Å²) in [6.07, 6.45) is 4.51. The summed E-state index contributed by atoms with van der Waals surface area (Å²) < 4.78 is 13.0. The average molecular weight is 397 g/mol. The number of amides is 2. The lowest BCUT2D eigenvalue weighted by molar-refractivity contribution is 0.0939. The van der Waals surface area contributed by atoms with Crippen LogP contribution in [-0.4, -0.2) is 24.9 Å². The lowest BCUT2D eigenvalue weighted by atomic mass is 9.81. The molecule has 2 aromatic carbocycles. The Morgan fingerprint density at radius 1 is 1.03 bits per heavy atom. The highest BCUT2D eigenvalue weighted by atomic mass is 19.1. The number of anilines is 1. The van der Waals surface area contributed by atoms with E-state index in [0.29, 0.717) is 41.7 Å². The first-order valence-electron chi connectivity index (χ1n) is 10.1. The smallest absolute Gasteiger partial charge is 0.255 e. The van der Waals surface area contributed by atoms with Crippen molar-refractivity contribution in [2.24, 2.45) is 17.6 Å². The van der Waals surface area contributed by atoms with Crippen molar-refractivity contribution >= 4 is 17.5 Å². The predicted molar refractivity (Wildman–Crippen MR) is 112 cm³/mol. The fraction of sp³-hybridized carbons (Fsp3) is 0.391. The summed E-state index contributed by atoms with van der Waals surface area (Å²) >= 11 is 0. The predicted octanol–water partition coefficient (Wildman–Crippen LogP) is 3.88. The highest BCUT2D eigenvalue weighted by Crippen LogP contribution is 2.28. The molecule has 2 unspecified atom stereocenters. The van der Waals surface area contributed by atoms with Gasteiger partial charge in [-0.1, -0.05) is 12.5 Å². The van der Waals surface area contributed by atoms with E-state index in [9.17, 15) is 14.0 Å². The van der Waals surface area contributed by atoms with Gasteiger partial charge in [0, 0.05) is 23.4 Å². The molecular weight excluding hydrogens is 369 g/mol. The number of aryl methyl sites for hydroxylation is 1. The molecule has 1 aliphatic carbocycles. The third-order valence-electron chi connectivity index (χ3n) is 5.63. The summed E-state index contributed by atoms with van der Waals surface area (Å²) in [6, 6.07) is 10.6. The van der Waals surface area contributed by atoms with E-state index >= 15 is 0 Å². The van der Waals surface area contributed by atoms with E-state index in [1.54, 1.807) is 18.2 Å². The fourth-order valence-electron chi connectivity index (χ4n) is 3.83. The Hall–Kier alpha value is -2.73. The van der Waals surface area contributed by atoms with Gasteiger partial charge in [-0.3, -0.25) is 9.59 Å². The maximum atomic E-state index is 13.0. The fourth-order valence-corrected chi connectivity index (χ4v) is 3.83. The Labute approximate surface area is 170 Å². The topological polar surface area (TPSA) is 84.2 Å². The zero-order valence-corrected chi connectivity index (χ0v) is 16.7. The summed E-state index contributed by atoms with van der Waals surface area (Å²) in [6.45, 7) is 3.21. The third-order valence-corrected chi connectivity index (χ3v) is 5.63. The minimum absolute atomic E-state index is 0.155. The number of hydrogen-bond acceptors (Lipinski definition) is 3. The largest absolute Gasteiger partial charge is 0.352 e. The van der Waals surface area contributed by atoms with E-state index in [4.69, 9.17) is 5.73 Å². The molecule has 2 atom stereocenters. The number of rotatable bonds is 6. The van der Waals surface area contributed by atoms with E-state index in [2.05, 4.69) is 10.6 Å². The van der Waals surface area contributed by atoms with Gasteiger partial charge >= 0.3 is 0 Å². The molecule has 0 bridgehead atoms. The molecule has 2 amide bonds. The number of hydrogen-bond donors (Lipinski definition) is 3. The van der Waals surface area contributed by atoms with Crippen molar-refractivity contribution in [3.05, 3.63) is 65.0 Å². The molecule has 5 nitrogen and oxygen atoms in total. The number of carbonyl (C=O) groups is 2. The van der Waals surface area contributed by atoms with Crippen LogP contribution in [0.1, 0.15) is 52.0 Å². The molecule has 6 heteroatoms. The standard InChI is InChI=1S/C23H28FN3O2/c1-15-5-6-19(22(28)26-14-17-4-2-3-16(11-17)13-25)12-21(15)27-23(29)18-7-9-20(24)10-8-18/h5-10,12,16-17H,2-4,11,13-14,25H2,1H3,(H,26,28)(H,27,29). The molecule has 0 spiro atoms. The van der Waals surface area contributed by atoms with Crippen LogP contribution >= 0.6 is 0 Å². The number of benzene rings is 2. The van der Waals surface area contributed by atoms with Crippen LogP contribution in [0.5, 0.6) is 0 Å². The van der Waals surface area contributed by atoms with Gasteiger partial charge in [-0.05, 0) is 86.5 Å². The second-order valence-electron chi connectivity index (χ2n) is 7.84. The Bertz CT molecular complexity index is 867. The molecule has 0 radical (unpaired) electrons. The quantitative estimate of drug-likeness (QED) is 0.692. The SMILES string of the molecule is Cc1ccc(C(=O)NCC2CCCC(CN)C2)cc1NC(=O)c1ccc(F)cc1. The van der Waals surface area contributed by atoms with Crippen LogP contribution in [0.3, 0.4) is 0 Å². The van der Waals surface area contributed by atoms with Crippen molar-refractivity contribution < 1.29 is 14.0 Å². The van der Waals surface area contributed by atoms with Crippen molar-refractivity contribution in [3.8, 4) is 0 Å². The molecule has 1 aliphatic rings. The zero-order chi connectivity index (χ0) is 20.8. The number of halogens is 1. The average Bonchev–Trinajstić information content (AvgIpc) is 2.74. The third kappa shape index (κ3) is 5.64. The zero-order valence-electron chi connectivity index (χ0n) is 16.7. The first kappa shape index (κ1) is 21.0.